The smallest absolute Gasteiger partial charge is 0.382 e. The highest BCUT2D eigenvalue weighted by Crippen LogP contribution is 2.18. The van der Waals surface area contributed by atoms with Crippen LogP contribution in [-0.4, -0.2) is 56.3 Å². The van der Waals surface area contributed by atoms with Crippen molar-refractivity contribution in [2.75, 3.05) is 0 Å². The van der Waals surface area contributed by atoms with E-state index in [1.54, 1.807) is 6.92 Å². The van der Waals surface area contributed by atoms with Crippen molar-refractivity contribution >= 4 is 47.5 Å². The van der Waals surface area contributed by atoms with Crippen LogP contribution in [-0.2, 0) is 24.0 Å². The summed E-state index contributed by atoms with van der Waals surface area (Å²) in [5, 5.41) is 34.7. The normalized spacial score (nSPS) is 10.1. The predicted octanol–water partition coefficient (Wildman–Crippen LogP) is 1.72. The van der Waals surface area contributed by atoms with Gasteiger partial charge in [0.2, 0.25) is 5.91 Å². The summed E-state index contributed by atoms with van der Waals surface area (Å²) < 4.78 is 12.5. The minimum Gasteiger partial charge on any atom is -0.480 e. The minimum absolute atomic E-state index is 0.192. The monoisotopic (exact) mass is 459 g/mol. The second-order valence-corrected chi connectivity index (χ2v) is 5.60. The molecule has 1 aromatic rings. The molecule has 0 aliphatic heterocycles. The molecule has 0 fully saturated rings. The number of carbonyl (C=O) groups excluding carboxylic acids is 1. The van der Waals surface area contributed by atoms with Crippen LogP contribution in [0.3, 0.4) is 0 Å². The van der Waals surface area contributed by atoms with Crippen molar-refractivity contribution in [1.82, 2.24) is 5.32 Å². The Morgan fingerprint density at radius 3 is 1.90 bits per heavy atom. The summed E-state index contributed by atoms with van der Waals surface area (Å²) >= 11 is 5.63. The molecule has 1 amide bonds. The molecule has 1 rings (SSSR count). The van der Waals surface area contributed by atoms with Crippen molar-refractivity contribution in [2.45, 2.75) is 26.3 Å². The van der Waals surface area contributed by atoms with Crippen molar-refractivity contribution in [3.05, 3.63) is 40.7 Å². The van der Waals surface area contributed by atoms with E-state index >= 15 is 0 Å². The number of amides is 1. The molecule has 0 aliphatic rings. The molecule has 0 heterocycles. The Labute approximate surface area is 181 Å². The lowest BCUT2D eigenvalue weighted by atomic mass is 10.2. The Morgan fingerprint density at radius 1 is 1.10 bits per heavy atom. The van der Waals surface area contributed by atoms with Crippen molar-refractivity contribution in [1.29, 1.82) is 0 Å². The highest BCUT2D eigenvalue weighted by atomic mass is 35.5. The van der Waals surface area contributed by atoms with E-state index in [4.69, 9.17) is 32.0 Å². The third-order valence-corrected chi connectivity index (χ3v) is 3.06. The Morgan fingerprint density at radius 2 is 1.61 bits per heavy atom. The first kappa shape index (κ1) is 29.3. The lowest BCUT2D eigenvalue weighted by molar-refractivity contribution is -0.141. The zero-order chi connectivity index (χ0) is 24.6. The predicted molar refractivity (Wildman–Crippen MR) is 107 cm³/mol. The van der Waals surface area contributed by atoms with Gasteiger partial charge in [-0.05, 0) is 30.2 Å². The maximum Gasteiger partial charge on any atom is 0.382 e. The molecule has 0 bridgehead atoms. The zero-order valence-electron chi connectivity index (χ0n) is 16.3. The van der Waals surface area contributed by atoms with Crippen LogP contribution in [0.2, 0.25) is 5.02 Å². The molecule has 0 spiro atoms. The van der Waals surface area contributed by atoms with Crippen LogP contribution in [0.1, 0.15) is 25.8 Å². The highest BCUT2D eigenvalue weighted by Gasteiger charge is 2.14. The van der Waals surface area contributed by atoms with Crippen LogP contribution in [0.15, 0.2) is 24.3 Å². The topological polar surface area (TPSA) is 178 Å². The fourth-order valence-corrected chi connectivity index (χ4v) is 1.72. The number of carboxylic acid groups (broad SMARTS) is 4. The van der Waals surface area contributed by atoms with Gasteiger partial charge in [0.25, 0.3) is 0 Å². The average molecular weight is 460 g/mol. The van der Waals surface area contributed by atoms with E-state index in [2.05, 4.69) is 5.32 Å². The average Bonchev–Trinajstić information content (AvgIpc) is 2.64. The highest BCUT2D eigenvalue weighted by molar-refractivity contribution is 6.32. The van der Waals surface area contributed by atoms with Crippen LogP contribution in [0.5, 0.6) is 0 Å². The maximum atomic E-state index is 12.5. The number of carboxylic acids is 4. The van der Waals surface area contributed by atoms with Crippen molar-refractivity contribution < 1.29 is 48.8 Å². The number of rotatable bonds is 5. The second kappa shape index (κ2) is 15.9. The molecule has 168 valence electrons. The first-order valence-corrected chi connectivity index (χ1v) is 8.51. The first-order valence-electron chi connectivity index (χ1n) is 8.13. The first-order chi connectivity index (χ1) is 14.3. The molecule has 0 aliphatic carbocycles. The van der Waals surface area contributed by atoms with Gasteiger partial charge in [-0.3, -0.25) is 4.79 Å². The summed E-state index contributed by atoms with van der Waals surface area (Å²) in [5.41, 5.74) is 0.477. The largest absolute Gasteiger partial charge is 0.480 e. The lowest BCUT2D eigenvalue weighted by Crippen LogP contribution is -2.38. The van der Waals surface area contributed by atoms with Gasteiger partial charge in [-0.1, -0.05) is 24.6 Å². The van der Waals surface area contributed by atoms with Crippen molar-refractivity contribution in [3.8, 4) is 11.8 Å². The summed E-state index contributed by atoms with van der Waals surface area (Å²) in [6.07, 6.45) is 2.66. The standard InChI is InChI=1S/C9H6ClFO2.C6H11NO3.C4H2O4/c10-8-5-7(11)3-1-6(8)2-4-9(12)13;1-3-5(6(9)10)7-4(2)8;5-3(6)1-2-4(7)8/h1-5H,(H,12,13);5H,3H2,1-2H3,(H,7,8)(H,9,10);(H,5,6)(H,7,8). The Hall–Kier alpha value is -3.91. The van der Waals surface area contributed by atoms with Gasteiger partial charge in [0.05, 0.1) is 5.02 Å². The van der Waals surface area contributed by atoms with Gasteiger partial charge in [-0.15, -0.1) is 0 Å². The third-order valence-electron chi connectivity index (χ3n) is 2.73. The summed E-state index contributed by atoms with van der Waals surface area (Å²) in [5.74, 6) is -2.87. The van der Waals surface area contributed by atoms with Gasteiger partial charge < -0.3 is 25.7 Å². The summed E-state index contributed by atoms with van der Waals surface area (Å²) in [6.45, 7) is 3.00. The van der Waals surface area contributed by atoms with Gasteiger partial charge in [0.15, 0.2) is 0 Å². The van der Waals surface area contributed by atoms with Gasteiger partial charge in [0.1, 0.15) is 11.9 Å². The molecule has 1 atom stereocenters. The molecular weight excluding hydrogens is 441 g/mol. The fourth-order valence-electron chi connectivity index (χ4n) is 1.49. The number of benzene rings is 1. The van der Waals surface area contributed by atoms with E-state index < -0.39 is 35.7 Å². The molecular formula is C19H19ClFNO9. The van der Waals surface area contributed by atoms with Crippen molar-refractivity contribution in [3.63, 3.8) is 0 Å². The SMILES string of the molecule is CCC(NC(C)=O)C(=O)O.O=C(O)C#CC(=O)O.O=C(O)C=Cc1ccc(F)cc1Cl. The zero-order valence-corrected chi connectivity index (χ0v) is 17.0. The third kappa shape index (κ3) is 17.9. The van der Waals surface area contributed by atoms with E-state index in [9.17, 15) is 28.4 Å². The van der Waals surface area contributed by atoms with Crippen LogP contribution in [0.4, 0.5) is 4.39 Å². The molecule has 1 aromatic carbocycles. The fraction of sp³-hybridized carbons (Fsp3) is 0.211. The summed E-state index contributed by atoms with van der Waals surface area (Å²) in [4.78, 5) is 49.7. The van der Waals surface area contributed by atoms with Gasteiger partial charge in [0, 0.05) is 24.8 Å². The molecule has 0 saturated heterocycles. The Bertz CT molecular complexity index is 885. The number of hydrogen-bond donors (Lipinski definition) is 5. The van der Waals surface area contributed by atoms with Gasteiger partial charge >= 0.3 is 23.9 Å². The molecule has 0 saturated carbocycles. The van der Waals surface area contributed by atoms with E-state index in [1.807, 2.05) is 0 Å². The van der Waals surface area contributed by atoms with Crippen LogP contribution >= 0.6 is 11.6 Å². The van der Waals surface area contributed by atoms with E-state index in [0.717, 1.165) is 12.1 Å². The van der Waals surface area contributed by atoms with Crippen LogP contribution in [0, 0.1) is 17.7 Å². The lowest BCUT2D eigenvalue weighted by Gasteiger charge is -2.08. The minimum atomic E-state index is -1.44. The van der Waals surface area contributed by atoms with Gasteiger partial charge in [-0.2, -0.15) is 0 Å². The number of aliphatic carboxylic acids is 4. The molecule has 5 N–H and O–H groups in total. The van der Waals surface area contributed by atoms with Crippen LogP contribution < -0.4 is 5.32 Å². The van der Waals surface area contributed by atoms with E-state index in [1.165, 1.54) is 37.0 Å². The number of nitrogens with one attached hydrogen (secondary N) is 1. The molecule has 0 radical (unpaired) electrons. The van der Waals surface area contributed by atoms with Crippen LogP contribution in [0.25, 0.3) is 6.08 Å². The quantitative estimate of drug-likeness (QED) is 0.323. The molecule has 0 aromatic heterocycles. The number of carbonyl (C=O) groups is 5. The molecule has 12 heteroatoms. The Balaban J connectivity index is 0. The Kier molecular flexibility index (Phi) is 15.1. The maximum absolute atomic E-state index is 12.5. The van der Waals surface area contributed by atoms with Gasteiger partial charge in [-0.25, -0.2) is 23.6 Å². The van der Waals surface area contributed by atoms with E-state index in [-0.39, 0.29) is 10.9 Å². The second-order valence-electron chi connectivity index (χ2n) is 5.20. The summed E-state index contributed by atoms with van der Waals surface area (Å²) in [7, 11) is 0. The molecule has 1 unspecified atom stereocenters. The number of hydrogen-bond acceptors (Lipinski definition) is 5. The number of halogens is 2. The molecule has 31 heavy (non-hydrogen) atoms. The van der Waals surface area contributed by atoms with E-state index in [0.29, 0.717) is 12.0 Å². The molecule has 10 nitrogen and oxygen atoms in total. The summed E-state index contributed by atoms with van der Waals surface area (Å²) in [6, 6.07) is 3.02. The van der Waals surface area contributed by atoms with Crippen molar-refractivity contribution in [2.24, 2.45) is 0 Å².